The number of esters is 1. The van der Waals surface area contributed by atoms with Crippen LogP contribution < -0.4 is 19.1 Å². The van der Waals surface area contributed by atoms with Crippen LogP contribution in [0.3, 0.4) is 0 Å². The summed E-state index contributed by atoms with van der Waals surface area (Å²) >= 11 is 6.21. The molecule has 1 saturated heterocycles. The molecule has 0 saturated carbocycles. The molecule has 2 aromatic rings. The lowest BCUT2D eigenvalue weighted by atomic mass is 10.1. The Kier molecular flexibility index (Phi) is 7.05. The van der Waals surface area contributed by atoms with Crippen molar-refractivity contribution in [1.82, 2.24) is 0 Å². The van der Waals surface area contributed by atoms with Gasteiger partial charge in [0.2, 0.25) is 5.91 Å². The van der Waals surface area contributed by atoms with Crippen molar-refractivity contribution in [2.45, 2.75) is 12.8 Å². The molecule has 0 bridgehead atoms. The number of hydrogen-bond donors (Lipinski definition) is 0. The highest BCUT2D eigenvalue weighted by Gasteiger charge is 2.37. The lowest BCUT2D eigenvalue weighted by molar-refractivity contribution is -0.148. The third kappa shape index (κ3) is 4.79. The third-order valence-corrected chi connectivity index (χ3v) is 5.29. The molecule has 1 aliphatic heterocycles. The van der Waals surface area contributed by atoms with Gasteiger partial charge in [0.1, 0.15) is 17.2 Å². The van der Waals surface area contributed by atoms with E-state index in [1.807, 2.05) is 24.3 Å². The first-order valence-corrected chi connectivity index (χ1v) is 9.86. The van der Waals surface area contributed by atoms with Crippen molar-refractivity contribution in [2.24, 2.45) is 5.92 Å². The predicted molar refractivity (Wildman–Crippen MR) is 113 cm³/mol. The van der Waals surface area contributed by atoms with E-state index in [0.717, 1.165) is 11.3 Å². The molecule has 0 N–H and O–H groups in total. The highest BCUT2D eigenvalue weighted by Crippen LogP contribution is 2.40. The molecule has 0 aromatic heterocycles. The van der Waals surface area contributed by atoms with Gasteiger partial charge in [-0.1, -0.05) is 23.7 Å². The minimum absolute atomic E-state index is 0.0776. The molecule has 7 nitrogen and oxygen atoms in total. The molecule has 0 aliphatic carbocycles. The van der Waals surface area contributed by atoms with Crippen LogP contribution in [0.25, 0.3) is 0 Å². The van der Waals surface area contributed by atoms with Crippen molar-refractivity contribution < 1.29 is 28.5 Å². The zero-order valence-electron chi connectivity index (χ0n) is 17.1. The fraction of sp³-hybridized carbons (Fsp3) is 0.364. The Hall–Kier alpha value is -2.93. The maximum atomic E-state index is 12.6. The fourth-order valence-electron chi connectivity index (χ4n) is 3.33. The summed E-state index contributed by atoms with van der Waals surface area (Å²) in [5.41, 5.74) is 1.53. The summed E-state index contributed by atoms with van der Waals surface area (Å²) in [6.07, 6.45) is 0.663. The number of carbonyl (C=O) groups excluding carboxylic acids is 2. The van der Waals surface area contributed by atoms with Gasteiger partial charge in [0, 0.05) is 25.5 Å². The number of nitrogens with zero attached hydrogens (tertiary/aromatic N) is 1. The monoisotopic (exact) mass is 433 g/mol. The summed E-state index contributed by atoms with van der Waals surface area (Å²) in [6, 6.07) is 10.8. The van der Waals surface area contributed by atoms with Gasteiger partial charge in [-0.2, -0.15) is 0 Å². The van der Waals surface area contributed by atoms with Gasteiger partial charge < -0.3 is 23.8 Å². The van der Waals surface area contributed by atoms with E-state index in [1.54, 1.807) is 19.2 Å². The van der Waals surface area contributed by atoms with E-state index in [-0.39, 0.29) is 25.5 Å². The second-order valence-electron chi connectivity index (χ2n) is 6.83. The van der Waals surface area contributed by atoms with Crippen LogP contribution in [0.1, 0.15) is 12.0 Å². The molecule has 1 unspecified atom stereocenters. The quantitative estimate of drug-likeness (QED) is 0.593. The Morgan fingerprint density at radius 1 is 1.07 bits per heavy atom. The van der Waals surface area contributed by atoms with Gasteiger partial charge in [-0.15, -0.1) is 0 Å². The van der Waals surface area contributed by atoms with Crippen LogP contribution in [0.5, 0.6) is 17.2 Å². The van der Waals surface area contributed by atoms with Crippen LogP contribution in [0.15, 0.2) is 36.4 Å². The molecule has 1 atom stereocenters. The van der Waals surface area contributed by atoms with E-state index in [0.29, 0.717) is 28.6 Å². The first-order chi connectivity index (χ1) is 14.5. The van der Waals surface area contributed by atoms with E-state index in [9.17, 15) is 9.59 Å². The maximum absolute atomic E-state index is 12.6. The van der Waals surface area contributed by atoms with Gasteiger partial charge in [-0.3, -0.25) is 9.59 Å². The second-order valence-corrected chi connectivity index (χ2v) is 7.24. The van der Waals surface area contributed by atoms with Gasteiger partial charge in [0.05, 0.1) is 44.6 Å². The molecule has 1 aliphatic rings. The topological polar surface area (TPSA) is 74.3 Å². The van der Waals surface area contributed by atoms with E-state index < -0.39 is 11.9 Å². The molecule has 160 valence electrons. The summed E-state index contributed by atoms with van der Waals surface area (Å²) in [7, 11) is 4.61. The van der Waals surface area contributed by atoms with Gasteiger partial charge >= 0.3 is 5.97 Å². The zero-order valence-corrected chi connectivity index (χ0v) is 17.9. The SMILES string of the molecule is COc1ccc(CCOC(=O)C2CC(=O)N(c3cc(Cl)c(OC)cc3OC)C2)cc1. The molecule has 1 fully saturated rings. The number of benzene rings is 2. The molecule has 3 rings (SSSR count). The molecular weight excluding hydrogens is 410 g/mol. The third-order valence-electron chi connectivity index (χ3n) is 5.00. The number of ether oxygens (including phenoxy) is 4. The average Bonchev–Trinajstić information content (AvgIpc) is 3.15. The van der Waals surface area contributed by atoms with Crippen LogP contribution in [0.2, 0.25) is 5.02 Å². The van der Waals surface area contributed by atoms with Crippen molar-refractivity contribution in [3.63, 3.8) is 0 Å². The molecule has 0 spiro atoms. The van der Waals surface area contributed by atoms with Crippen molar-refractivity contribution in [3.8, 4) is 17.2 Å². The molecular formula is C22H24ClNO6. The summed E-state index contributed by atoms with van der Waals surface area (Å²) in [5.74, 6) is 0.537. The molecule has 2 aromatic carbocycles. The molecule has 1 heterocycles. The standard InChI is InChI=1S/C22H24ClNO6/c1-27-16-6-4-14(5-7-16)8-9-30-22(26)15-10-21(25)24(13-15)18-11-17(23)19(28-2)12-20(18)29-3/h4-7,11-12,15H,8-10,13H2,1-3H3. The average molecular weight is 434 g/mol. The highest BCUT2D eigenvalue weighted by atomic mass is 35.5. The van der Waals surface area contributed by atoms with E-state index in [1.165, 1.54) is 19.1 Å². The summed E-state index contributed by atoms with van der Waals surface area (Å²) in [6.45, 7) is 0.451. The van der Waals surface area contributed by atoms with E-state index in [2.05, 4.69) is 0 Å². The number of amides is 1. The first kappa shape index (κ1) is 21.8. The second kappa shape index (κ2) is 9.71. The predicted octanol–water partition coefficient (Wildman–Crippen LogP) is 3.50. The zero-order chi connectivity index (χ0) is 21.7. The van der Waals surface area contributed by atoms with Crippen LogP contribution >= 0.6 is 11.6 Å². The van der Waals surface area contributed by atoms with E-state index >= 15 is 0 Å². The number of carbonyl (C=O) groups is 2. The molecule has 0 radical (unpaired) electrons. The highest BCUT2D eigenvalue weighted by molar-refractivity contribution is 6.32. The molecule has 8 heteroatoms. The molecule has 1 amide bonds. The Bertz CT molecular complexity index is 915. The van der Waals surface area contributed by atoms with Crippen LogP contribution in [-0.4, -0.2) is 46.4 Å². The van der Waals surface area contributed by atoms with Crippen molar-refractivity contribution in [1.29, 1.82) is 0 Å². The summed E-state index contributed by atoms with van der Waals surface area (Å²) in [5, 5.41) is 0.353. The minimum Gasteiger partial charge on any atom is -0.497 e. The molecule has 30 heavy (non-hydrogen) atoms. The van der Waals surface area contributed by atoms with Crippen LogP contribution in [0.4, 0.5) is 5.69 Å². The smallest absolute Gasteiger partial charge is 0.311 e. The fourth-order valence-corrected chi connectivity index (χ4v) is 3.57. The van der Waals surface area contributed by atoms with Crippen molar-refractivity contribution >= 4 is 29.2 Å². The number of halogens is 1. The number of anilines is 1. The lowest BCUT2D eigenvalue weighted by Gasteiger charge is -2.20. The normalized spacial score (nSPS) is 15.8. The van der Waals surface area contributed by atoms with Gasteiger partial charge in [0.15, 0.2) is 0 Å². The van der Waals surface area contributed by atoms with Crippen molar-refractivity contribution in [2.75, 3.05) is 39.4 Å². The van der Waals surface area contributed by atoms with Crippen molar-refractivity contribution in [3.05, 3.63) is 47.0 Å². The number of hydrogen-bond acceptors (Lipinski definition) is 6. The largest absolute Gasteiger partial charge is 0.497 e. The summed E-state index contributed by atoms with van der Waals surface area (Å²) in [4.78, 5) is 26.5. The first-order valence-electron chi connectivity index (χ1n) is 9.48. The lowest BCUT2D eigenvalue weighted by Crippen LogP contribution is -2.27. The number of methoxy groups -OCH3 is 3. The van der Waals surface area contributed by atoms with Gasteiger partial charge in [-0.25, -0.2) is 0 Å². The van der Waals surface area contributed by atoms with Crippen LogP contribution in [0, 0.1) is 5.92 Å². The number of rotatable bonds is 8. The van der Waals surface area contributed by atoms with Crippen LogP contribution in [-0.2, 0) is 20.7 Å². The van der Waals surface area contributed by atoms with E-state index in [4.69, 9.17) is 30.5 Å². The Morgan fingerprint density at radius 3 is 2.40 bits per heavy atom. The minimum atomic E-state index is -0.543. The Morgan fingerprint density at radius 2 is 1.77 bits per heavy atom. The maximum Gasteiger partial charge on any atom is 0.311 e. The van der Waals surface area contributed by atoms with Gasteiger partial charge in [0.25, 0.3) is 0 Å². The Balaban J connectivity index is 1.61. The summed E-state index contributed by atoms with van der Waals surface area (Å²) < 4.78 is 21.1. The van der Waals surface area contributed by atoms with Gasteiger partial charge in [-0.05, 0) is 23.8 Å². The Labute approximate surface area is 180 Å².